The van der Waals surface area contributed by atoms with E-state index in [9.17, 15) is 0 Å². The molecule has 0 amide bonds. The van der Waals surface area contributed by atoms with Crippen molar-refractivity contribution in [2.24, 2.45) is 5.10 Å². The number of ether oxygens (including phenoxy) is 1. The van der Waals surface area contributed by atoms with Gasteiger partial charge in [0.05, 0.1) is 19.9 Å². The summed E-state index contributed by atoms with van der Waals surface area (Å²) in [5.74, 6) is 1.58. The first-order valence-corrected chi connectivity index (χ1v) is 6.50. The van der Waals surface area contributed by atoms with E-state index in [4.69, 9.17) is 9.15 Å². The van der Waals surface area contributed by atoms with Crippen LogP contribution in [-0.4, -0.2) is 13.3 Å². The number of rotatable bonds is 5. The minimum absolute atomic E-state index is 0.609. The molecule has 1 aromatic carbocycles. The second kappa shape index (κ2) is 6.44. The number of hydrazone groups is 1. The molecule has 1 heterocycles. The van der Waals surface area contributed by atoms with Gasteiger partial charge in [-0.25, -0.2) is 0 Å². The molecule has 0 bridgehead atoms. The van der Waals surface area contributed by atoms with Crippen LogP contribution in [0.5, 0.6) is 5.75 Å². The number of para-hydroxylation sites is 1. The van der Waals surface area contributed by atoms with Gasteiger partial charge in [0.2, 0.25) is 0 Å². The van der Waals surface area contributed by atoms with E-state index in [0.717, 1.165) is 20.8 Å². The smallest absolute Gasteiger partial charge is 0.164 e. The van der Waals surface area contributed by atoms with Crippen LogP contribution in [0.1, 0.15) is 11.3 Å². The molecule has 2 aromatic rings. The van der Waals surface area contributed by atoms with Crippen molar-refractivity contribution in [3.05, 3.63) is 51.5 Å². The fourth-order valence-electron chi connectivity index (χ4n) is 1.49. The van der Waals surface area contributed by atoms with Gasteiger partial charge in [0.25, 0.3) is 0 Å². The highest BCUT2D eigenvalue weighted by Crippen LogP contribution is 2.16. The van der Waals surface area contributed by atoms with Gasteiger partial charge < -0.3 is 14.6 Å². The van der Waals surface area contributed by atoms with E-state index in [-0.39, 0.29) is 0 Å². The lowest BCUT2D eigenvalue weighted by molar-refractivity contribution is 0.408. The Balaban J connectivity index is 1.90. The molecule has 94 valence electrons. The van der Waals surface area contributed by atoms with E-state index < -0.39 is 0 Å². The average molecular weight is 356 g/mol. The zero-order chi connectivity index (χ0) is 12.8. The quantitative estimate of drug-likeness (QED) is 0.509. The van der Waals surface area contributed by atoms with Crippen LogP contribution in [0.4, 0.5) is 0 Å². The highest BCUT2D eigenvalue weighted by Gasteiger charge is 1.99. The lowest BCUT2D eigenvalue weighted by Gasteiger charge is -2.06. The van der Waals surface area contributed by atoms with Crippen LogP contribution in [0, 0.1) is 3.77 Å². The van der Waals surface area contributed by atoms with E-state index in [1.165, 1.54) is 0 Å². The summed E-state index contributed by atoms with van der Waals surface area (Å²) in [5, 5.41) is 4.10. The number of halogens is 1. The maximum atomic E-state index is 5.35. The first-order chi connectivity index (χ1) is 8.79. The zero-order valence-corrected chi connectivity index (χ0v) is 12.0. The summed E-state index contributed by atoms with van der Waals surface area (Å²) >= 11 is 2.12. The number of nitrogens with zero attached hydrogens (tertiary/aromatic N) is 1. The summed E-state index contributed by atoms with van der Waals surface area (Å²) in [7, 11) is 1.66. The van der Waals surface area contributed by atoms with Crippen LogP contribution in [0.25, 0.3) is 0 Å². The standard InChI is InChI=1S/C13H13IN2O2/c1-17-12-5-3-2-4-10(12)8-15-16-9-11-6-7-13(14)18-11/h2-7,9,15H,8H2,1H3/b16-9+. The fourth-order valence-corrected chi connectivity index (χ4v) is 1.92. The summed E-state index contributed by atoms with van der Waals surface area (Å²) in [5.41, 5.74) is 4.02. The Hall–Kier alpha value is -1.50. The van der Waals surface area contributed by atoms with Gasteiger partial charge in [0, 0.05) is 5.56 Å². The molecule has 2 rings (SSSR count). The predicted octanol–water partition coefficient (Wildman–Crippen LogP) is 3.02. The number of hydrogen-bond acceptors (Lipinski definition) is 4. The summed E-state index contributed by atoms with van der Waals surface area (Å²) in [4.78, 5) is 0. The number of nitrogens with one attached hydrogen (secondary N) is 1. The summed E-state index contributed by atoms with van der Waals surface area (Å²) in [6.45, 7) is 0.609. The molecule has 18 heavy (non-hydrogen) atoms. The van der Waals surface area contributed by atoms with Gasteiger partial charge in [-0.05, 0) is 40.8 Å². The number of furan rings is 1. The van der Waals surface area contributed by atoms with Crippen molar-refractivity contribution in [2.75, 3.05) is 7.11 Å². The van der Waals surface area contributed by atoms with Crippen LogP contribution in [0.3, 0.4) is 0 Å². The van der Waals surface area contributed by atoms with Gasteiger partial charge in [0.1, 0.15) is 11.5 Å². The third-order valence-electron chi connectivity index (χ3n) is 2.34. The highest BCUT2D eigenvalue weighted by molar-refractivity contribution is 14.1. The maximum Gasteiger partial charge on any atom is 0.164 e. The second-order valence-electron chi connectivity index (χ2n) is 3.55. The molecule has 0 aliphatic carbocycles. The molecule has 0 fully saturated rings. The number of hydrogen-bond donors (Lipinski definition) is 1. The van der Waals surface area contributed by atoms with E-state index in [1.54, 1.807) is 13.3 Å². The second-order valence-corrected chi connectivity index (χ2v) is 4.61. The van der Waals surface area contributed by atoms with Gasteiger partial charge >= 0.3 is 0 Å². The van der Waals surface area contributed by atoms with Crippen LogP contribution < -0.4 is 10.2 Å². The molecule has 0 spiro atoms. The Bertz CT molecular complexity index is 537. The lowest BCUT2D eigenvalue weighted by Crippen LogP contribution is -2.06. The SMILES string of the molecule is COc1ccccc1CN/N=C/c1ccc(I)o1. The molecule has 0 atom stereocenters. The molecular weight excluding hydrogens is 343 g/mol. The molecule has 0 aliphatic rings. The van der Waals surface area contributed by atoms with Crippen molar-refractivity contribution in [1.29, 1.82) is 0 Å². The number of benzene rings is 1. The Morgan fingerprint density at radius 3 is 2.89 bits per heavy atom. The third-order valence-corrected chi connectivity index (χ3v) is 2.92. The molecule has 5 heteroatoms. The van der Waals surface area contributed by atoms with Gasteiger partial charge in [-0.1, -0.05) is 18.2 Å². The summed E-state index contributed by atoms with van der Waals surface area (Å²) in [6, 6.07) is 11.6. The Morgan fingerprint density at radius 1 is 1.33 bits per heavy atom. The van der Waals surface area contributed by atoms with Crippen LogP contribution in [0.2, 0.25) is 0 Å². The minimum Gasteiger partial charge on any atom is -0.496 e. The molecule has 0 radical (unpaired) electrons. The fraction of sp³-hybridized carbons (Fsp3) is 0.154. The third kappa shape index (κ3) is 3.49. The van der Waals surface area contributed by atoms with Crippen molar-refractivity contribution in [1.82, 2.24) is 5.43 Å². The first-order valence-electron chi connectivity index (χ1n) is 5.43. The predicted molar refractivity (Wildman–Crippen MR) is 78.9 cm³/mol. The van der Waals surface area contributed by atoms with Crippen molar-refractivity contribution >= 4 is 28.8 Å². The largest absolute Gasteiger partial charge is 0.496 e. The van der Waals surface area contributed by atoms with Crippen LogP contribution in [-0.2, 0) is 6.54 Å². The molecule has 0 unspecified atom stereocenters. The molecule has 0 saturated carbocycles. The lowest BCUT2D eigenvalue weighted by atomic mass is 10.2. The minimum atomic E-state index is 0.609. The van der Waals surface area contributed by atoms with Crippen LogP contribution in [0.15, 0.2) is 45.9 Å². The summed E-state index contributed by atoms with van der Waals surface area (Å²) in [6.07, 6.45) is 1.65. The van der Waals surface area contributed by atoms with Crippen LogP contribution >= 0.6 is 22.6 Å². The van der Waals surface area contributed by atoms with Crippen molar-refractivity contribution in [3.8, 4) is 5.75 Å². The van der Waals surface area contributed by atoms with Crippen molar-refractivity contribution < 1.29 is 9.15 Å². The Kier molecular flexibility index (Phi) is 4.63. The highest BCUT2D eigenvalue weighted by atomic mass is 127. The monoisotopic (exact) mass is 356 g/mol. The normalized spacial score (nSPS) is 10.8. The first kappa shape index (κ1) is 12.9. The molecule has 0 aliphatic heterocycles. The van der Waals surface area contributed by atoms with Gasteiger partial charge in [0.15, 0.2) is 3.77 Å². The Labute approximate surface area is 119 Å². The summed E-state index contributed by atoms with van der Waals surface area (Å²) < 4.78 is 11.5. The zero-order valence-electron chi connectivity index (χ0n) is 9.89. The molecule has 1 N–H and O–H groups in total. The molecule has 1 aromatic heterocycles. The van der Waals surface area contributed by atoms with Gasteiger partial charge in [-0.2, -0.15) is 5.10 Å². The van der Waals surface area contributed by atoms with E-state index in [0.29, 0.717) is 6.54 Å². The van der Waals surface area contributed by atoms with Gasteiger partial charge in [-0.3, -0.25) is 0 Å². The molecule has 0 saturated heterocycles. The Morgan fingerprint density at radius 2 is 2.17 bits per heavy atom. The molecule has 4 nitrogen and oxygen atoms in total. The molecular formula is C13H13IN2O2. The van der Waals surface area contributed by atoms with Gasteiger partial charge in [-0.15, -0.1) is 0 Å². The number of methoxy groups -OCH3 is 1. The average Bonchev–Trinajstić information content (AvgIpc) is 2.81. The van der Waals surface area contributed by atoms with E-state index in [1.807, 2.05) is 36.4 Å². The van der Waals surface area contributed by atoms with Crippen molar-refractivity contribution in [2.45, 2.75) is 6.54 Å². The van der Waals surface area contributed by atoms with E-state index >= 15 is 0 Å². The topological polar surface area (TPSA) is 46.8 Å². The van der Waals surface area contributed by atoms with E-state index in [2.05, 4.69) is 33.1 Å². The van der Waals surface area contributed by atoms with Crippen molar-refractivity contribution in [3.63, 3.8) is 0 Å². The maximum absolute atomic E-state index is 5.35.